The van der Waals surface area contributed by atoms with Gasteiger partial charge in [0.1, 0.15) is 11.6 Å². The normalized spacial score (nSPS) is 23.4. The molecule has 2 aliphatic rings. The standard InChI is InChI=1S/C27H37N3O5/c1-27(2,3)35-24(32)14-10-17-5-7-18(8-6-17)15-19-9-11-20-22(16-19)29(4)26(34)30(20)21-12-13-23(31)28-25(21)33/h9,11,16-18,21H,5-8,10,12-15H2,1-4H3,(H,28,31,33)/t17-,18-,21?. The van der Waals surface area contributed by atoms with Crippen molar-refractivity contribution in [3.8, 4) is 0 Å². The molecule has 2 amide bonds. The van der Waals surface area contributed by atoms with E-state index in [0.29, 0.717) is 24.7 Å². The van der Waals surface area contributed by atoms with Crippen molar-refractivity contribution in [3.05, 3.63) is 34.2 Å². The van der Waals surface area contributed by atoms with Crippen LogP contribution < -0.4 is 11.0 Å². The van der Waals surface area contributed by atoms with Crippen LogP contribution in [0.4, 0.5) is 0 Å². The van der Waals surface area contributed by atoms with Crippen LogP contribution in [0.2, 0.25) is 0 Å². The van der Waals surface area contributed by atoms with Crippen LogP contribution in [-0.2, 0) is 32.6 Å². The summed E-state index contributed by atoms with van der Waals surface area (Å²) in [5.41, 5.74) is 2.05. The zero-order chi connectivity index (χ0) is 25.3. The maximum absolute atomic E-state index is 13.0. The third kappa shape index (κ3) is 5.85. The molecule has 1 N–H and O–H groups in total. The Morgan fingerprint density at radius 3 is 2.37 bits per heavy atom. The van der Waals surface area contributed by atoms with Crippen molar-refractivity contribution in [2.45, 2.75) is 90.2 Å². The highest BCUT2D eigenvalue weighted by atomic mass is 16.6. The maximum atomic E-state index is 13.0. The minimum Gasteiger partial charge on any atom is -0.460 e. The summed E-state index contributed by atoms with van der Waals surface area (Å²) in [6, 6.07) is 5.39. The van der Waals surface area contributed by atoms with E-state index in [1.165, 1.54) is 10.1 Å². The second-order valence-corrected chi connectivity index (χ2v) is 11.2. The summed E-state index contributed by atoms with van der Waals surface area (Å²) in [6.45, 7) is 5.69. The fourth-order valence-electron chi connectivity index (χ4n) is 5.54. The molecule has 1 saturated carbocycles. The fourth-order valence-corrected chi connectivity index (χ4v) is 5.54. The lowest BCUT2D eigenvalue weighted by Crippen LogP contribution is -2.44. The number of piperidine rings is 1. The lowest BCUT2D eigenvalue weighted by Gasteiger charge is -2.29. The van der Waals surface area contributed by atoms with E-state index in [2.05, 4.69) is 17.4 Å². The lowest BCUT2D eigenvalue weighted by molar-refractivity contribution is -0.155. The summed E-state index contributed by atoms with van der Waals surface area (Å²) in [7, 11) is 1.73. The molecule has 2 heterocycles. The lowest BCUT2D eigenvalue weighted by atomic mass is 9.77. The number of imidazole rings is 1. The molecule has 1 atom stereocenters. The van der Waals surface area contributed by atoms with Crippen LogP contribution in [0.3, 0.4) is 0 Å². The van der Waals surface area contributed by atoms with E-state index < -0.39 is 17.6 Å². The zero-order valence-corrected chi connectivity index (χ0v) is 21.3. The molecule has 2 aromatic rings. The number of nitrogens with zero attached hydrogens (tertiary/aromatic N) is 2. The van der Waals surface area contributed by atoms with E-state index in [9.17, 15) is 19.2 Å². The number of nitrogens with one attached hydrogen (secondary N) is 1. The largest absolute Gasteiger partial charge is 0.460 e. The van der Waals surface area contributed by atoms with Crippen LogP contribution in [0.15, 0.2) is 23.0 Å². The van der Waals surface area contributed by atoms with Gasteiger partial charge in [0.2, 0.25) is 11.8 Å². The van der Waals surface area contributed by atoms with Gasteiger partial charge in [0, 0.05) is 19.9 Å². The molecule has 4 rings (SSSR count). The van der Waals surface area contributed by atoms with Crippen molar-refractivity contribution in [1.29, 1.82) is 0 Å². The number of amides is 2. The Hall–Kier alpha value is -2.90. The van der Waals surface area contributed by atoms with Crippen LogP contribution in [-0.4, -0.2) is 32.5 Å². The molecular formula is C27H37N3O5. The summed E-state index contributed by atoms with van der Waals surface area (Å²) in [4.78, 5) is 48.9. The molecule has 0 spiro atoms. The van der Waals surface area contributed by atoms with Crippen molar-refractivity contribution in [2.24, 2.45) is 18.9 Å². The summed E-state index contributed by atoms with van der Waals surface area (Å²) in [5.74, 6) is 0.344. The van der Waals surface area contributed by atoms with E-state index in [1.807, 2.05) is 26.8 Å². The van der Waals surface area contributed by atoms with Crippen LogP contribution in [0.25, 0.3) is 11.0 Å². The topological polar surface area (TPSA) is 99.4 Å². The van der Waals surface area contributed by atoms with Gasteiger partial charge < -0.3 is 4.74 Å². The SMILES string of the molecule is Cn1c(=O)n(C2CCC(=O)NC2=O)c2ccc(C[C@H]3CC[C@H](CCC(=O)OC(C)(C)C)CC3)cc21. The summed E-state index contributed by atoms with van der Waals surface area (Å²) >= 11 is 0. The maximum Gasteiger partial charge on any atom is 0.329 e. The van der Waals surface area contributed by atoms with Crippen LogP contribution >= 0.6 is 0 Å². The third-order valence-corrected chi connectivity index (χ3v) is 7.34. The number of hydrogen-bond donors (Lipinski definition) is 1. The van der Waals surface area contributed by atoms with Gasteiger partial charge in [-0.25, -0.2) is 4.79 Å². The van der Waals surface area contributed by atoms with Gasteiger partial charge in [-0.1, -0.05) is 18.9 Å². The molecule has 1 aliphatic heterocycles. The van der Waals surface area contributed by atoms with E-state index in [-0.39, 0.29) is 24.0 Å². The van der Waals surface area contributed by atoms with Gasteiger partial charge in [-0.05, 0) is 82.4 Å². The molecule has 1 unspecified atom stereocenters. The number of esters is 1. The summed E-state index contributed by atoms with van der Waals surface area (Å²) in [5, 5.41) is 2.35. The molecule has 0 bridgehead atoms. The second-order valence-electron chi connectivity index (χ2n) is 11.2. The number of benzene rings is 1. The number of rotatable bonds is 6. The summed E-state index contributed by atoms with van der Waals surface area (Å²) < 4.78 is 8.55. The van der Waals surface area contributed by atoms with Crippen molar-refractivity contribution >= 4 is 28.8 Å². The highest BCUT2D eigenvalue weighted by Crippen LogP contribution is 2.34. The first-order valence-electron chi connectivity index (χ1n) is 12.8. The molecule has 35 heavy (non-hydrogen) atoms. The predicted molar refractivity (Wildman–Crippen MR) is 133 cm³/mol. The predicted octanol–water partition coefficient (Wildman–Crippen LogP) is 3.79. The van der Waals surface area contributed by atoms with Gasteiger partial charge >= 0.3 is 11.7 Å². The zero-order valence-electron chi connectivity index (χ0n) is 21.3. The quantitative estimate of drug-likeness (QED) is 0.498. The van der Waals surface area contributed by atoms with Gasteiger partial charge in [0.15, 0.2) is 0 Å². The molecule has 1 aliphatic carbocycles. The molecule has 2 fully saturated rings. The van der Waals surface area contributed by atoms with E-state index >= 15 is 0 Å². The first-order valence-corrected chi connectivity index (χ1v) is 12.8. The minimum atomic E-state index is -0.661. The number of ether oxygens (including phenoxy) is 1. The monoisotopic (exact) mass is 483 g/mol. The van der Waals surface area contributed by atoms with Crippen molar-refractivity contribution in [1.82, 2.24) is 14.5 Å². The Morgan fingerprint density at radius 2 is 1.71 bits per heavy atom. The first kappa shape index (κ1) is 25.2. The Labute approximate surface area is 206 Å². The van der Waals surface area contributed by atoms with Crippen molar-refractivity contribution in [2.75, 3.05) is 0 Å². The first-order chi connectivity index (χ1) is 16.5. The molecule has 190 valence electrons. The molecule has 1 aromatic heterocycles. The van der Waals surface area contributed by atoms with Crippen LogP contribution in [0.5, 0.6) is 0 Å². The average molecular weight is 484 g/mol. The van der Waals surface area contributed by atoms with Gasteiger partial charge in [0.25, 0.3) is 0 Å². The second kappa shape index (κ2) is 9.99. The Balaban J connectivity index is 1.37. The van der Waals surface area contributed by atoms with Crippen molar-refractivity contribution in [3.63, 3.8) is 0 Å². The van der Waals surface area contributed by atoms with E-state index in [4.69, 9.17) is 4.74 Å². The van der Waals surface area contributed by atoms with E-state index in [0.717, 1.165) is 49.6 Å². The van der Waals surface area contributed by atoms with Crippen LogP contribution in [0.1, 0.15) is 83.7 Å². The molecule has 8 heteroatoms. The molecule has 1 aromatic carbocycles. The minimum absolute atomic E-state index is 0.109. The number of hydrogen-bond acceptors (Lipinski definition) is 5. The number of carbonyl (C=O) groups is 3. The molecule has 1 saturated heterocycles. The summed E-state index contributed by atoms with van der Waals surface area (Å²) in [6.07, 6.45) is 7.42. The van der Waals surface area contributed by atoms with Crippen molar-refractivity contribution < 1.29 is 19.1 Å². The third-order valence-electron chi connectivity index (χ3n) is 7.34. The number of imide groups is 1. The average Bonchev–Trinajstić information content (AvgIpc) is 3.02. The molecular weight excluding hydrogens is 446 g/mol. The van der Waals surface area contributed by atoms with Gasteiger partial charge in [-0.2, -0.15) is 0 Å². The molecule has 8 nitrogen and oxygen atoms in total. The Bertz CT molecular complexity index is 1180. The van der Waals surface area contributed by atoms with Gasteiger partial charge in [-0.15, -0.1) is 0 Å². The Morgan fingerprint density at radius 1 is 1.03 bits per heavy atom. The number of carbonyl (C=O) groups excluding carboxylic acids is 3. The highest BCUT2D eigenvalue weighted by molar-refractivity contribution is 6.00. The smallest absolute Gasteiger partial charge is 0.329 e. The number of aromatic nitrogens is 2. The molecule has 0 radical (unpaired) electrons. The highest BCUT2D eigenvalue weighted by Gasteiger charge is 2.31. The van der Waals surface area contributed by atoms with E-state index in [1.54, 1.807) is 11.6 Å². The van der Waals surface area contributed by atoms with Gasteiger partial charge in [0.05, 0.1) is 11.0 Å². The number of fused-ring (bicyclic) bond motifs is 1. The van der Waals surface area contributed by atoms with Crippen LogP contribution in [0, 0.1) is 11.8 Å². The fraction of sp³-hybridized carbons (Fsp3) is 0.630. The number of aryl methyl sites for hydroxylation is 1. The Kier molecular flexibility index (Phi) is 7.20. The van der Waals surface area contributed by atoms with Gasteiger partial charge in [-0.3, -0.25) is 28.8 Å².